The van der Waals surface area contributed by atoms with E-state index in [-0.39, 0.29) is 5.56 Å². The minimum absolute atomic E-state index is 0.272. The second-order valence-electron chi connectivity index (χ2n) is 4.66. The van der Waals surface area contributed by atoms with E-state index in [2.05, 4.69) is 10.4 Å². The molecular formula is C14H16N4O3. The number of hydrogen-bond acceptors (Lipinski definition) is 5. The molecule has 0 radical (unpaired) electrons. The summed E-state index contributed by atoms with van der Waals surface area (Å²) in [7, 11) is 3.80. The van der Waals surface area contributed by atoms with Crippen molar-refractivity contribution in [2.75, 3.05) is 24.4 Å². The molecule has 0 unspecified atom stereocenters. The van der Waals surface area contributed by atoms with Gasteiger partial charge in [-0.2, -0.15) is 0 Å². The van der Waals surface area contributed by atoms with Crippen LogP contribution in [0, 0.1) is 0 Å². The fourth-order valence-electron chi connectivity index (χ4n) is 1.74. The third-order valence-electron chi connectivity index (χ3n) is 2.90. The number of carboxylic acids is 1. The lowest BCUT2D eigenvalue weighted by atomic mass is 10.3. The molecule has 110 valence electrons. The van der Waals surface area contributed by atoms with Crippen molar-refractivity contribution in [1.82, 2.24) is 9.66 Å². The van der Waals surface area contributed by atoms with Crippen LogP contribution in [-0.2, 0) is 6.54 Å². The average Bonchev–Trinajstić information content (AvgIpc) is 2.46. The lowest BCUT2D eigenvalue weighted by Gasteiger charge is -2.12. The van der Waals surface area contributed by atoms with Gasteiger partial charge in [-0.05, 0) is 23.8 Å². The Labute approximate surface area is 121 Å². The van der Waals surface area contributed by atoms with E-state index in [1.54, 1.807) is 6.20 Å². The topological polar surface area (TPSA) is 87.5 Å². The lowest BCUT2D eigenvalue weighted by Crippen LogP contribution is -2.31. The lowest BCUT2D eigenvalue weighted by molar-refractivity contribution is 0.0694. The van der Waals surface area contributed by atoms with E-state index in [1.807, 2.05) is 31.1 Å². The van der Waals surface area contributed by atoms with Crippen LogP contribution in [0.4, 0.5) is 5.82 Å². The van der Waals surface area contributed by atoms with Crippen LogP contribution < -0.4 is 15.9 Å². The number of nitrogens with zero attached hydrogens (tertiary/aromatic N) is 3. The number of rotatable bonds is 5. The van der Waals surface area contributed by atoms with E-state index < -0.39 is 11.5 Å². The zero-order valence-corrected chi connectivity index (χ0v) is 11.8. The van der Waals surface area contributed by atoms with Crippen molar-refractivity contribution in [2.45, 2.75) is 6.54 Å². The van der Waals surface area contributed by atoms with E-state index in [9.17, 15) is 9.59 Å². The van der Waals surface area contributed by atoms with Gasteiger partial charge in [0.2, 0.25) is 0 Å². The molecule has 2 N–H and O–H groups in total. The molecule has 21 heavy (non-hydrogen) atoms. The van der Waals surface area contributed by atoms with Crippen molar-refractivity contribution >= 4 is 11.8 Å². The van der Waals surface area contributed by atoms with Gasteiger partial charge in [0.1, 0.15) is 11.4 Å². The molecule has 2 rings (SSSR count). The van der Waals surface area contributed by atoms with Crippen molar-refractivity contribution in [3.8, 4) is 0 Å². The highest BCUT2D eigenvalue weighted by Gasteiger charge is 2.09. The van der Waals surface area contributed by atoms with Gasteiger partial charge in [0.15, 0.2) is 0 Å². The monoisotopic (exact) mass is 288 g/mol. The smallest absolute Gasteiger partial charge is 0.341 e. The molecular weight excluding hydrogens is 272 g/mol. The second-order valence-corrected chi connectivity index (χ2v) is 4.66. The molecule has 7 nitrogen and oxygen atoms in total. The third kappa shape index (κ3) is 3.38. The van der Waals surface area contributed by atoms with Gasteiger partial charge in [-0.15, -0.1) is 0 Å². The highest BCUT2D eigenvalue weighted by Crippen LogP contribution is 2.07. The SMILES string of the molecule is CN(C)c1ccc(CNn2cccc(C(=O)O)c2=O)cn1. The number of aromatic carboxylic acids is 1. The summed E-state index contributed by atoms with van der Waals surface area (Å²) in [6, 6.07) is 6.54. The number of anilines is 1. The fraction of sp³-hybridized carbons (Fsp3) is 0.214. The number of pyridine rings is 2. The Morgan fingerprint density at radius 3 is 2.71 bits per heavy atom. The first-order valence-electron chi connectivity index (χ1n) is 6.30. The van der Waals surface area contributed by atoms with Gasteiger partial charge in [-0.1, -0.05) is 6.07 Å². The van der Waals surface area contributed by atoms with Crippen LogP contribution in [0.1, 0.15) is 15.9 Å². The van der Waals surface area contributed by atoms with Crippen molar-refractivity contribution in [3.63, 3.8) is 0 Å². The summed E-state index contributed by atoms with van der Waals surface area (Å²) in [6.45, 7) is 0.365. The van der Waals surface area contributed by atoms with Crippen molar-refractivity contribution in [3.05, 3.63) is 58.1 Å². The van der Waals surface area contributed by atoms with E-state index in [1.165, 1.54) is 18.3 Å². The van der Waals surface area contributed by atoms with Crippen molar-refractivity contribution in [1.29, 1.82) is 0 Å². The Kier molecular flexibility index (Phi) is 4.22. The molecule has 0 aliphatic rings. The minimum Gasteiger partial charge on any atom is -0.477 e. The number of carboxylic acid groups (broad SMARTS) is 1. The zero-order valence-electron chi connectivity index (χ0n) is 11.8. The summed E-state index contributed by atoms with van der Waals surface area (Å²) in [6.07, 6.45) is 3.19. The predicted octanol–water partition coefficient (Wildman–Crippen LogP) is 0.751. The molecule has 0 saturated heterocycles. The zero-order chi connectivity index (χ0) is 15.4. The Morgan fingerprint density at radius 1 is 1.38 bits per heavy atom. The summed E-state index contributed by atoms with van der Waals surface area (Å²) >= 11 is 0. The van der Waals surface area contributed by atoms with E-state index >= 15 is 0 Å². The van der Waals surface area contributed by atoms with Crippen molar-refractivity contribution < 1.29 is 9.90 Å². The van der Waals surface area contributed by atoms with Crippen LogP contribution in [-0.4, -0.2) is 34.8 Å². The van der Waals surface area contributed by atoms with E-state index in [4.69, 9.17) is 5.11 Å². The van der Waals surface area contributed by atoms with E-state index in [0.29, 0.717) is 6.54 Å². The summed E-state index contributed by atoms with van der Waals surface area (Å²) in [5.74, 6) is -0.406. The molecule has 0 aliphatic heterocycles. The summed E-state index contributed by atoms with van der Waals surface area (Å²) in [5, 5.41) is 8.90. The largest absolute Gasteiger partial charge is 0.477 e. The van der Waals surface area contributed by atoms with Gasteiger partial charge in [0, 0.05) is 26.5 Å². The Hall–Kier alpha value is -2.83. The average molecular weight is 288 g/mol. The van der Waals surface area contributed by atoms with Crippen LogP contribution in [0.15, 0.2) is 41.5 Å². The standard InChI is InChI=1S/C14H16N4O3/c1-17(2)12-6-5-10(8-15-12)9-16-18-7-3-4-11(13(18)19)14(20)21/h3-8,16H,9H2,1-2H3,(H,20,21). The maximum atomic E-state index is 11.9. The molecule has 0 spiro atoms. The first-order valence-corrected chi connectivity index (χ1v) is 6.30. The van der Waals surface area contributed by atoms with Crippen LogP contribution in [0.25, 0.3) is 0 Å². The summed E-state index contributed by atoms with van der Waals surface area (Å²) in [4.78, 5) is 28.9. The molecule has 0 aromatic carbocycles. The highest BCUT2D eigenvalue weighted by atomic mass is 16.4. The molecule has 0 bridgehead atoms. The number of aromatic nitrogens is 2. The van der Waals surface area contributed by atoms with Crippen LogP contribution >= 0.6 is 0 Å². The Bertz CT molecular complexity index is 692. The maximum Gasteiger partial charge on any atom is 0.341 e. The van der Waals surface area contributed by atoms with Gasteiger partial charge in [0.25, 0.3) is 5.56 Å². The molecule has 0 aliphatic carbocycles. The van der Waals surface area contributed by atoms with Gasteiger partial charge >= 0.3 is 5.97 Å². The first-order chi connectivity index (χ1) is 9.99. The first kappa shape index (κ1) is 14.6. The predicted molar refractivity (Wildman–Crippen MR) is 79.3 cm³/mol. The number of hydrogen-bond donors (Lipinski definition) is 2. The molecule has 0 atom stereocenters. The van der Waals surface area contributed by atoms with Gasteiger partial charge < -0.3 is 15.4 Å². The fourth-order valence-corrected chi connectivity index (χ4v) is 1.74. The van der Waals surface area contributed by atoms with Gasteiger partial charge in [-0.25, -0.2) is 14.5 Å². The van der Waals surface area contributed by atoms with E-state index in [0.717, 1.165) is 16.1 Å². The molecule has 0 fully saturated rings. The highest BCUT2D eigenvalue weighted by molar-refractivity contribution is 5.86. The van der Waals surface area contributed by atoms with Crippen LogP contribution in [0.2, 0.25) is 0 Å². The maximum absolute atomic E-state index is 11.9. The van der Waals surface area contributed by atoms with Gasteiger partial charge in [-0.3, -0.25) is 4.79 Å². The Balaban J connectivity index is 2.11. The number of carbonyl (C=O) groups is 1. The molecule has 2 heterocycles. The molecule has 2 aromatic heterocycles. The van der Waals surface area contributed by atoms with Crippen LogP contribution in [0.3, 0.4) is 0 Å². The number of nitrogens with one attached hydrogen (secondary N) is 1. The third-order valence-corrected chi connectivity index (χ3v) is 2.90. The quantitative estimate of drug-likeness (QED) is 0.844. The minimum atomic E-state index is -1.24. The Morgan fingerprint density at radius 2 is 2.14 bits per heavy atom. The molecule has 7 heteroatoms. The van der Waals surface area contributed by atoms with Crippen LogP contribution in [0.5, 0.6) is 0 Å². The molecule has 0 saturated carbocycles. The molecule has 2 aromatic rings. The molecule has 0 amide bonds. The second kappa shape index (κ2) is 6.08. The van der Waals surface area contributed by atoms with Gasteiger partial charge in [0.05, 0.1) is 6.54 Å². The summed E-state index contributed by atoms with van der Waals surface area (Å²) in [5.41, 5.74) is 2.88. The normalized spacial score (nSPS) is 10.2. The summed E-state index contributed by atoms with van der Waals surface area (Å²) < 4.78 is 1.16. The van der Waals surface area contributed by atoms with Crippen molar-refractivity contribution in [2.24, 2.45) is 0 Å².